The highest BCUT2D eigenvalue weighted by Gasteiger charge is 2.22. The zero-order chi connectivity index (χ0) is 18.0. The topological polar surface area (TPSA) is 110 Å². The van der Waals surface area contributed by atoms with E-state index in [0.717, 1.165) is 12.8 Å². The first kappa shape index (κ1) is 17.2. The fourth-order valence-electron chi connectivity index (χ4n) is 2.32. The van der Waals surface area contributed by atoms with Crippen LogP contribution in [0.15, 0.2) is 46.2 Å². The number of carbonyl (C=O) groups excluding carboxylic acids is 1. The average molecular weight is 362 g/mol. The van der Waals surface area contributed by atoms with Gasteiger partial charge in [-0.05, 0) is 49.1 Å². The summed E-state index contributed by atoms with van der Waals surface area (Å²) in [5.74, 6) is 0.247. The third-order valence-corrected chi connectivity index (χ3v) is 5.12. The third-order valence-electron chi connectivity index (χ3n) is 3.75. The summed E-state index contributed by atoms with van der Waals surface area (Å²) in [6.45, 7) is 1.98. The highest BCUT2D eigenvalue weighted by Crippen LogP contribution is 2.30. The number of hydrogen-bond acceptors (Lipinski definition) is 5. The summed E-state index contributed by atoms with van der Waals surface area (Å²) >= 11 is 0. The molecule has 0 saturated heterocycles. The first-order valence-electron chi connectivity index (χ1n) is 7.81. The molecule has 2 N–H and O–H groups in total. The molecule has 3 rings (SSSR count). The lowest BCUT2D eigenvalue weighted by molar-refractivity contribution is -0.114. The van der Waals surface area contributed by atoms with Crippen LogP contribution in [0.1, 0.15) is 19.8 Å². The van der Waals surface area contributed by atoms with E-state index in [1.165, 1.54) is 41.8 Å². The molecule has 1 amide bonds. The van der Waals surface area contributed by atoms with Crippen molar-refractivity contribution in [3.63, 3.8) is 0 Å². The van der Waals surface area contributed by atoms with Crippen molar-refractivity contribution in [2.45, 2.75) is 31.2 Å². The maximum atomic E-state index is 12.4. The molecular weight excluding hydrogens is 344 g/mol. The van der Waals surface area contributed by atoms with E-state index in [4.69, 9.17) is 0 Å². The average Bonchev–Trinajstić information content (AvgIpc) is 3.34. The van der Waals surface area contributed by atoms with Gasteiger partial charge in [-0.1, -0.05) is 0 Å². The maximum absolute atomic E-state index is 12.4. The number of sulfonamides is 1. The second-order valence-electron chi connectivity index (χ2n) is 6.00. The van der Waals surface area contributed by atoms with Crippen LogP contribution in [0.2, 0.25) is 0 Å². The largest absolute Gasteiger partial charge is 0.349 e. The Morgan fingerprint density at radius 2 is 1.92 bits per heavy atom. The van der Waals surface area contributed by atoms with Gasteiger partial charge in [0, 0.05) is 25.4 Å². The molecule has 25 heavy (non-hydrogen) atoms. The minimum atomic E-state index is -3.87. The normalized spacial score (nSPS) is 14.1. The molecule has 1 fully saturated rings. The van der Waals surface area contributed by atoms with Crippen LogP contribution in [0.25, 0.3) is 0 Å². The highest BCUT2D eigenvalue weighted by molar-refractivity contribution is 7.92. The van der Waals surface area contributed by atoms with Crippen molar-refractivity contribution in [3.8, 4) is 0 Å². The number of amides is 1. The molecule has 0 unspecified atom stereocenters. The van der Waals surface area contributed by atoms with Crippen molar-refractivity contribution in [1.82, 2.24) is 9.55 Å². The number of benzene rings is 1. The standard InChI is InChI=1S/C16H18N4O4S/c1-11(21)17-13-4-6-14(7-5-13)25(23,24)19-15-8-9-20(16(22)18-15)10-12-2-3-12/h4-9,12H,2-3,10H2,1H3,(H,17,21)(H,18,19,22). The van der Waals surface area contributed by atoms with Gasteiger partial charge in [-0.3, -0.25) is 14.1 Å². The Hall–Kier alpha value is -2.68. The number of nitrogens with one attached hydrogen (secondary N) is 2. The maximum Gasteiger partial charge on any atom is 0.349 e. The number of nitrogens with zero attached hydrogens (tertiary/aromatic N) is 2. The van der Waals surface area contributed by atoms with E-state index in [1.807, 2.05) is 0 Å². The lowest BCUT2D eigenvalue weighted by Gasteiger charge is -2.09. The first-order chi connectivity index (χ1) is 11.8. The molecule has 9 heteroatoms. The lowest BCUT2D eigenvalue weighted by Crippen LogP contribution is -2.25. The molecule has 1 aromatic heterocycles. The number of aromatic nitrogens is 2. The molecule has 1 aliphatic rings. The van der Waals surface area contributed by atoms with E-state index in [0.29, 0.717) is 18.2 Å². The number of rotatable bonds is 6. The number of anilines is 2. The van der Waals surface area contributed by atoms with Gasteiger partial charge in [0.15, 0.2) is 0 Å². The van der Waals surface area contributed by atoms with Gasteiger partial charge in [0.1, 0.15) is 5.82 Å². The summed E-state index contributed by atoms with van der Waals surface area (Å²) in [6, 6.07) is 7.16. The Labute approximate surface area is 145 Å². The highest BCUT2D eigenvalue weighted by atomic mass is 32.2. The van der Waals surface area contributed by atoms with Gasteiger partial charge >= 0.3 is 5.69 Å². The monoisotopic (exact) mass is 362 g/mol. The van der Waals surface area contributed by atoms with Crippen LogP contribution < -0.4 is 15.7 Å². The molecule has 0 bridgehead atoms. The summed E-state index contributed by atoms with van der Waals surface area (Å²) in [7, 11) is -3.87. The minimum absolute atomic E-state index is 0.00515. The molecule has 0 atom stereocenters. The summed E-state index contributed by atoms with van der Waals surface area (Å²) < 4.78 is 28.5. The molecule has 0 spiro atoms. The van der Waals surface area contributed by atoms with Crippen LogP contribution in [-0.4, -0.2) is 23.9 Å². The zero-order valence-corrected chi connectivity index (χ0v) is 14.4. The summed E-state index contributed by atoms with van der Waals surface area (Å²) in [6.07, 6.45) is 3.76. The second kappa shape index (κ2) is 6.67. The van der Waals surface area contributed by atoms with Crippen molar-refractivity contribution in [1.29, 1.82) is 0 Å². The molecule has 0 radical (unpaired) electrons. The smallest absolute Gasteiger partial charge is 0.326 e. The summed E-state index contributed by atoms with van der Waals surface area (Å²) in [4.78, 5) is 26.7. The Morgan fingerprint density at radius 3 is 2.48 bits per heavy atom. The fraction of sp³-hybridized carbons (Fsp3) is 0.312. The van der Waals surface area contributed by atoms with Crippen molar-refractivity contribution in [3.05, 3.63) is 47.0 Å². The van der Waals surface area contributed by atoms with Gasteiger partial charge < -0.3 is 5.32 Å². The van der Waals surface area contributed by atoms with Crippen molar-refractivity contribution in [2.75, 3.05) is 10.0 Å². The van der Waals surface area contributed by atoms with E-state index in [2.05, 4.69) is 15.0 Å². The zero-order valence-electron chi connectivity index (χ0n) is 13.6. The van der Waals surface area contributed by atoms with Crippen LogP contribution in [-0.2, 0) is 21.4 Å². The van der Waals surface area contributed by atoms with Crippen molar-refractivity contribution in [2.24, 2.45) is 5.92 Å². The van der Waals surface area contributed by atoms with Crippen LogP contribution in [0.4, 0.5) is 11.5 Å². The predicted octanol–water partition coefficient (Wildman–Crippen LogP) is 1.41. The lowest BCUT2D eigenvalue weighted by atomic mass is 10.3. The van der Waals surface area contributed by atoms with E-state index in [-0.39, 0.29) is 16.6 Å². The van der Waals surface area contributed by atoms with Gasteiger partial charge in [-0.15, -0.1) is 0 Å². The van der Waals surface area contributed by atoms with Gasteiger partial charge in [-0.2, -0.15) is 4.98 Å². The van der Waals surface area contributed by atoms with E-state index < -0.39 is 15.7 Å². The van der Waals surface area contributed by atoms with E-state index >= 15 is 0 Å². The second-order valence-corrected chi connectivity index (χ2v) is 7.68. The Balaban J connectivity index is 1.75. The minimum Gasteiger partial charge on any atom is -0.326 e. The van der Waals surface area contributed by atoms with Crippen LogP contribution in [0.3, 0.4) is 0 Å². The van der Waals surface area contributed by atoms with Crippen LogP contribution in [0.5, 0.6) is 0 Å². The Bertz CT molecular complexity index is 947. The Morgan fingerprint density at radius 1 is 1.24 bits per heavy atom. The predicted molar refractivity (Wildman–Crippen MR) is 92.8 cm³/mol. The van der Waals surface area contributed by atoms with Crippen molar-refractivity contribution >= 4 is 27.4 Å². The summed E-state index contributed by atoms with van der Waals surface area (Å²) in [5.41, 5.74) is 0.0142. The van der Waals surface area contributed by atoms with Crippen molar-refractivity contribution < 1.29 is 13.2 Å². The van der Waals surface area contributed by atoms with Crippen LogP contribution in [0, 0.1) is 5.92 Å². The molecule has 1 aromatic carbocycles. The van der Waals surface area contributed by atoms with Gasteiger partial charge in [0.25, 0.3) is 10.0 Å². The first-order valence-corrected chi connectivity index (χ1v) is 9.30. The number of hydrogen-bond donors (Lipinski definition) is 2. The third kappa shape index (κ3) is 4.44. The van der Waals surface area contributed by atoms with E-state index in [1.54, 1.807) is 6.20 Å². The fourth-order valence-corrected chi connectivity index (χ4v) is 3.32. The van der Waals surface area contributed by atoms with Crippen LogP contribution >= 0.6 is 0 Å². The number of carbonyl (C=O) groups is 1. The van der Waals surface area contributed by atoms with E-state index in [9.17, 15) is 18.0 Å². The Kier molecular flexibility index (Phi) is 4.58. The van der Waals surface area contributed by atoms with Gasteiger partial charge in [-0.25, -0.2) is 13.2 Å². The quantitative estimate of drug-likeness (QED) is 0.807. The molecule has 2 aromatic rings. The van der Waals surface area contributed by atoms with Gasteiger partial charge in [0.05, 0.1) is 4.90 Å². The molecule has 1 saturated carbocycles. The molecular formula is C16H18N4O4S. The molecule has 132 valence electrons. The molecule has 8 nitrogen and oxygen atoms in total. The molecule has 0 aliphatic heterocycles. The SMILES string of the molecule is CC(=O)Nc1ccc(S(=O)(=O)Nc2ccn(CC3CC3)c(=O)n2)cc1. The molecule has 1 aliphatic carbocycles. The molecule has 1 heterocycles. The van der Waals surface area contributed by atoms with Gasteiger partial charge in [0.2, 0.25) is 5.91 Å². The summed E-state index contributed by atoms with van der Waals surface area (Å²) in [5, 5.41) is 2.56.